The van der Waals surface area contributed by atoms with E-state index in [9.17, 15) is 4.79 Å². The number of Topliss-reactive ketones (excluding diaryl/α,β-unsaturated/α-hetero) is 1. The molecule has 0 radical (unpaired) electrons. The lowest BCUT2D eigenvalue weighted by atomic mass is 10.2. The van der Waals surface area contributed by atoms with Gasteiger partial charge in [0.25, 0.3) is 0 Å². The van der Waals surface area contributed by atoms with Crippen LogP contribution in [-0.2, 0) is 4.79 Å². The maximum absolute atomic E-state index is 10.5. The van der Waals surface area contributed by atoms with Gasteiger partial charge in [-0.1, -0.05) is 5.92 Å². The number of terminal acetylenes is 1. The van der Waals surface area contributed by atoms with E-state index in [0.29, 0.717) is 0 Å². The smallest absolute Gasteiger partial charge is 0.161 e. The van der Waals surface area contributed by atoms with Crippen LogP contribution < -0.4 is 5.73 Å². The molecule has 0 aliphatic carbocycles. The summed E-state index contributed by atoms with van der Waals surface area (Å²) in [5.41, 5.74) is 5.18. The van der Waals surface area contributed by atoms with Crippen molar-refractivity contribution in [3.63, 3.8) is 0 Å². The zero-order valence-electron chi connectivity index (χ0n) is 4.85. The van der Waals surface area contributed by atoms with Crippen molar-refractivity contribution in [3.05, 3.63) is 0 Å². The molecular formula is C6H9NO. The van der Waals surface area contributed by atoms with Gasteiger partial charge in [0.2, 0.25) is 0 Å². The summed E-state index contributed by atoms with van der Waals surface area (Å²) < 4.78 is 0. The summed E-state index contributed by atoms with van der Waals surface area (Å²) in [4.78, 5) is 10.5. The van der Waals surface area contributed by atoms with Gasteiger partial charge < -0.3 is 5.73 Å². The van der Waals surface area contributed by atoms with E-state index in [4.69, 9.17) is 12.2 Å². The van der Waals surface area contributed by atoms with Gasteiger partial charge in [0.15, 0.2) is 5.78 Å². The monoisotopic (exact) mass is 111 g/mol. The number of nitrogens with two attached hydrogens (primary N) is 1. The third-order valence-corrected chi connectivity index (χ3v) is 0.784. The first-order chi connectivity index (χ1) is 3.68. The average Bonchev–Trinajstić information content (AvgIpc) is 1.67. The van der Waals surface area contributed by atoms with Crippen molar-refractivity contribution in [1.82, 2.24) is 0 Å². The Morgan fingerprint density at radius 3 is 2.62 bits per heavy atom. The first-order valence-corrected chi connectivity index (χ1v) is 2.40. The number of carbonyl (C=O) groups excluding carboxylic acids is 1. The molecule has 0 fully saturated rings. The third-order valence-electron chi connectivity index (χ3n) is 0.784. The van der Waals surface area contributed by atoms with E-state index in [-0.39, 0.29) is 12.2 Å². The van der Waals surface area contributed by atoms with Gasteiger partial charge in [0.05, 0.1) is 12.5 Å². The molecule has 0 rings (SSSR count). The van der Waals surface area contributed by atoms with Gasteiger partial charge >= 0.3 is 0 Å². The first kappa shape index (κ1) is 7.19. The molecule has 0 aliphatic heterocycles. The Morgan fingerprint density at radius 2 is 2.50 bits per heavy atom. The highest BCUT2D eigenvalue weighted by Gasteiger charge is 2.02. The molecule has 44 valence electrons. The maximum atomic E-state index is 10.5. The van der Waals surface area contributed by atoms with Crippen LogP contribution in [0.1, 0.15) is 13.3 Å². The molecule has 0 aromatic heterocycles. The van der Waals surface area contributed by atoms with E-state index in [1.165, 1.54) is 0 Å². The van der Waals surface area contributed by atoms with Gasteiger partial charge in [-0.15, -0.1) is 6.42 Å². The normalized spacial score (nSPS) is 12.1. The van der Waals surface area contributed by atoms with Crippen LogP contribution in [-0.4, -0.2) is 11.8 Å². The summed E-state index contributed by atoms with van der Waals surface area (Å²) >= 11 is 0. The van der Waals surface area contributed by atoms with E-state index in [2.05, 4.69) is 5.92 Å². The lowest BCUT2D eigenvalue weighted by molar-refractivity contribution is -0.118. The highest BCUT2D eigenvalue weighted by molar-refractivity contribution is 5.85. The van der Waals surface area contributed by atoms with Crippen molar-refractivity contribution >= 4 is 5.78 Å². The number of rotatable bonds is 2. The predicted molar refractivity (Wildman–Crippen MR) is 32.1 cm³/mol. The second-order valence-corrected chi connectivity index (χ2v) is 1.64. The molecule has 0 aromatic carbocycles. The quantitative estimate of drug-likeness (QED) is 0.507. The van der Waals surface area contributed by atoms with E-state index >= 15 is 0 Å². The zero-order valence-corrected chi connectivity index (χ0v) is 4.85. The van der Waals surface area contributed by atoms with E-state index in [1.54, 1.807) is 6.92 Å². The maximum Gasteiger partial charge on any atom is 0.161 e. The van der Waals surface area contributed by atoms with Crippen molar-refractivity contribution in [3.8, 4) is 12.3 Å². The van der Waals surface area contributed by atoms with Gasteiger partial charge in [-0.3, -0.25) is 4.79 Å². The summed E-state index contributed by atoms with van der Waals surface area (Å²) in [6.07, 6.45) is 4.99. The van der Waals surface area contributed by atoms with Gasteiger partial charge in [-0.25, -0.2) is 0 Å². The fourth-order valence-corrected chi connectivity index (χ4v) is 0.262. The van der Waals surface area contributed by atoms with Crippen molar-refractivity contribution in [1.29, 1.82) is 0 Å². The van der Waals surface area contributed by atoms with Gasteiger partial charge in [-0.05, 0) is 6.92 Å². The van der Waals surface area contributed by atoms with Crippen LogP contribution >= 0.6 is 0 Å². The molecule has 0 aliphatic rings. The average molecular weight is 111 g/mol. The Balaban J connectivity index is 3.53. The van der Waals surface area contributed by atoms with E-state index in [0.717, 1.165) is 0 Å². The Kier molecular flexibility index (Phi) is 2.90. The van der Waals surface area contributed by atoms with Gasteiger partial charge in [0.1, 0.15) is 0 Å². The van der Waals surface area contributed by atoms with Crippen molar-refractivity contribution in [2.24, 2.45) is 5.73 Å². The minimum Gasteiger partial charge on any atom is -0.322 e. The predicted octanol–water partition coefficient (Wildman–Crippen LogP) is -0.0740. The summed E-state index contributed by atoms with van der Waals surface area (Å²) in [5.74, 6) is 2.14. The molecule has 0 bridgehead atoms. The number of hydrogen-bond donors (Lipinski definition) is 1. The van der Waals surface area contributed by atoms with Gasteiger partial charge in [-0.2, -0.15) is 0 Å². The summed E-state index contributed by atoms with van der Waals surface area (Å²) in [7, 11) is 0. The first-order valence-electron chi connectivity index (χ1n) is 2.40. The van der Waals surface area contributed by atoms with Crippen LogP contribution in [0.4, 0.5) is 0 Å². The molecule has 1 unspecified atom stereocenters. The van der Waals surface area contributed by atoms with Crippen molar-refractivity contribution in [2.45, 2.75) is 19.4 Å². The summed E-state index contributed by atoms with van der Waals surface area (Å²) in [5, 5.41) is 0. The molecule has 0 saturated heterocycles. The molecule has 0 saturated carbocycles. The largest absolute Gasteiger partial charge is 0.322 e. The fourth-order valence-electron chi connectivity index (χ4n) is 0.262. The minimum atomic E-state index is -0.411. The molecule has 2 N–H and O–H groups in total. The SMILES string of the molecule is C#CCC(=O)C(C)N. The molecule has 2 nitrogen and oxygen atoms in total. The Labute approximate surface area is 49.1 Å². The highest BCUT2D eigenvalue weighted by Crippen LogP contribution is 1.83. The Hall–Kier alpha value is -0.810. The van der Waals surface area contributed by atoms with Crippen molar-refractivity contribution in [2.75, 3.05) is 0 Å². The van der Waals surface area contributed by atoms with Crippen LogP contribution in [0, 0.1) is 12.3 Å². The number of carbonyl (C=O) groups is 1. The number of hydrogen-bond acceptors (Lipinski definition) is 2. The molecule has 8 heavy (non-hydrogen) atoms. The second kappa shape index (κ2) is 3.23. The lowest BCUT2D eigenvalue weighted by Crippen LogP contribution is -2.25. The molecule has 0 amide bonds. The molecule has 0 aromatic rings. The summed E-state index contributed by atoms with van der Waals surface area (Å²) in [6.45, 7) is 1.62. The topological polar surface area (TPSA) is 43.1 Å². The lowest BCUT2D eigenvalue weighted by Gasteiger charge is -1.96. The Morgan fingerprint density at radius 1 is 2.00 bits per heavy atom. The van der Waals surface area contributed by atoms with Crippen LogP contribution in [0.2, 0.25) is 0 Å². The van der Waals surface area contributed by atoms with Gasteiger partial charge in [0, 0.05) is 0 Å². The molecule has 2 heteroatoms. The third kappa shape index (κ3) is 2.38. The van der Waals surface area contributed by atoms with Crippen LogP contribution in [0.15, 0.2) is 0 Å². The second-order valence-electron chi connectivity index (χ2n) is 1.64. The number of ketones is 1. The Bertz CT molecular complexity index is 121. The zero-order chi connectivity index (χ0) is 6.57. The summed E-state index contributed by atoms with van der Waals surface area (Å²) in [6, 6.07) is -0.411. The van der Waals surface area contributed by atoms with Crippen LogP contribution in [0.3, 0.4) is 0 Å². The van der Waals surface area contributed by atoms with Crippen LogP contribution in [0.5, 0.6) is 0 Å². The van der Waals surface area contributed by atoms with Crippen LogP contribution in [0.25, 0.3) is 0 Å². The highest BCUT2D eigenvalue weighted by atomic mass is 16.1. The molecule has 0 heterocycles. The molecule has 0 spiro atoms. The molecule has 1 atom stereocenters. The standard InChI is InChI=1S/C6H9NO/c1-3-4-6(8)5(2)7/h1,5H,4,7H2,2H3. The van der Waals surface area contributed by atoms with E-state index < -0.39 is 6.04 Å². The van der Waals surface area contributed by atoms with Crippen molar-refractivity contribution < 1.29 is 4.79 Å². The van der Waals surface area contributed by atoms with E-state index in [1.807, 2.05) is 0 Å². The fraction of sp³-hybridized carbons (Fsp3) is 0.500. The minimum absolute atomic E-state index is 0.0764. The molecular weight excluding hydrogens is 102 g/mol.